The average molecular weight is 461 g/mol. The highest BCUT2D eigenvalue weighted by Crippen LogP contribution is 2.32. The molecule has 1 heterocycles. The Morgan fingerprint density at radius 3 is 2.43 bits per heavy atom. The molecule has 0 saturated carbocycles. The van der Waals surface area contributed by atoms with Crippen LogP contribution in [-0.2, 0) is 9.59 Å². The molecule has 3 amide bonds. The lowest BCUT2D eigenvalue weighted by Gasteiger charge is -2.13. The Kier molecular flexibility index (Phi) is 5.96. The van der Waals surface area contributed by atoms with Gasteiger partial charge in [0.2, 0.25) is 5.91 Å². The number of nitrogens with zero attached hydrogens (tertiary/aromatic N) is 1. The van der Waals surface area contributed by atoms with E-state index in [2.05, 4.69) is 21.2 Å². The van der Waals surface area contributed by atoms with E-state index in [9.17, 15) is 19.2 Å². The molecule has 0 spiro atoms. The van der Waals surface area contributed by atoms with Gasteiger partial charge in [-0.1, -0.05) is 24.3 Å². The van der Waals surface area contributed by atoms with E-state index >= 15 is 0 Å². The molecular weight excluding hydrogens is 448 g/mol. The summed E-state index contributed by atoms with van der Waals surface area (Å²) in [6.45, 7) is -0.401. The number of hydrogen-bond donors (Lipinski definition) is 2. The van der Waals surface area contributed by atoms with Gasteiger partial charge in [-0.15, -0.1) is 0 Å². The molecule has 1 fully saturated rings. The minimum Gasteiger partial charge on any atom is -0.478 e. The van der Waals surface area contributed by atoms with Gasteiger partial charge in [0.1, 0.15) is 6.54 Å². The van der Waals surface area contributed by atoms with E-state index in [4.69, 9.17) is 5.11 Å². The Bertz CT molecular complexity index is 1000. The van der Waals surface area contributed by atoms with Gasteiger partial charge in [0.05, 0.1) is 16.2 Å². The summed E-state index contributed by atoms with van der Waals surface area (Å²) in [5.41, 5.74) is 1.23. The fourth-order valence-electron chi connectivity index (χ4n) is 2.41. The molecule has 7 nitrogen and oxygen atoms in total. The molecule has 142 valence electrons. The number of imide groups is 1. The summed E-state index contributed by atoms with van der Waals surface area (Å²) in [4.78, 5) is 48.8. The van der Waals surface area contributed by atoms with Gasteiger partial charge in [0, 0.05) is 4.47 Å². The Balaban J connectivity index is 1.70. The average Bonchev–Trinajstić information content (AvgIpc) is 2.91. The fraction of sp³-hybridized carbons (Fsp3) is 0.0526. The maximum atomic E-state index is 12.5. The summed E-state index contributed by atoms with van der Waals surface area (Å²) in [7, 11) is 0. The molecule has 0 aromatic heterocycles. The van der Waals surface area contributed by atoms with Crippen molar-refractivity contribution in [3.8, 4) is 0 Å². The molecule has 0 radical (unpaired) electrons. The summed E-state index contributed by atoms with van der Waals surface area (Å²) >= 11 is 4.04. The molecule has 0 unspecified atom stereocenters. The normalized spacial score (nSPS) is 15.2. The van der Waals surface area contributed by atoms with Crippen LogP contribution in [0.1, 0.15) is 15.9 Å². The van der Waals surface area contributed by atoms with Crippen LogP contribution in [0, 0.1) is 0 Å². The van der Waals surface area contributed by atoms with Crippen LogP contribution in [0.4, 0.5) is 10.5 Å². The van der Waals surface area contributed by atoms with Crippen molar-refractivity contribution in [1.29, 1.82) is 0 Å². The number of carboxylic acids is 1. The van der Waals surface area contributed by atoms with E-state index in [1.54, 1.807) is 24.3 Å². The number of nitrogens with one attached hydrogen (secondary N) is 1. The molecule has 1 saturated heterocycles. The number of amides is 3. The third kappa shape index (κ3) is 4.49. The molecule has 3 rings (SSSR count). The van der Waals surface area contributed by atoms with E-state index in [-0.39, 0.29) is 10.5 Å². The van der Waals surface area contributed by atoms with Crippen LogP contribution in [0.2, 0.25) is 0 Å². The summed E-state index contributed by atoms with van der Waals surface area (Å²) < 4.78 is 0.683. The van der Waals surface area contributed by atoms with Crippen molar-refractivity contribution in [2.75, 3.05) is 11.9 Å². The molecule has 28 heavy (non-hydrogen) atoms. The van der Waals surface area contributed by atoms with Crippen LogP contribution in [-0.4, -0.2) is 39.6 Å². The van der Waals surface area contributed by atoms with Crippen molar-refractivity contribution in [1.82, 2.24) is 4.90 Å². The summed E-state index contributed by atoms with van der Waals surface area (Å²) in [5.74, 6) is -2.12. The van der Waals surface area contributed by atoms with Gasteiger partial charge in [-0.2, -0.15) is 0 Å². The number of carboxylic acid groups (broad SMARTS) is 1. The van der Waals surface area contributed by atoms with Crippen molar-refractivity contribution >= 4 is 62.5 Å². The first-order valence-electron chi connectivity index (χ1n) is 7.98. The monoisotopic (exact) mass is 460 g/mol. The van der Waals surface area contributed by atoms with Crippen molar-refractivity contribution in [2.45, 2.75) is 0 Å². The zero-order valence-corrected chi connectivity index (χ0v) is 16.6. The van der Waals surface area contributed by atoms with Crippen molar-refractivity contribution in [2.24, 2.45) is 0 Å². The van der Waals surface area contributed by atoms with Crippen LogP contribution in [0.5, 0.6) is 0 Å². The van der Waals surface area contributed by atoms with Crippen molar-refractivity contribution < 1.29 is 24.3 Å². The van der Waals surface area contributed by atoms with Crippen LogP contribution < -0.4 is 5.32 Å². The number of para-hydroxylation sites is 1. The molecule has 2 N–H and O–H groups in total. The number of rotatable bonds is 5. The van der Waals surface area contributed by atoms with Gasteiger partial charge in [-0.05, 0) is 63.6 Å². The standard InChI is InChI=1S/C19H13BrN2O5S/c20-13-3-1-2-4-14(13)21-16(23)10-22-17(24)15(28-19(22)27)9-11-5-7-12(8-6-11)18(25)26/h1-9H,10H2,(H,21,23)(H,25,26)/b15-9-. The van der Waals surface area contributed by atoms with E-state index in [0.29, 0.717) is 15.7 Å². The lowest BCUT2D eigenvalue weighted by molar-refractivity contribution is -0.127. The minimum absolute atomic E-state index is 0.119. The maximum absolute atomic E-state index is 12.5. The molecule has 2 aromatic carbocycles. The zero-order valence-electron chi connectivity index (χ0n) is 14.2. The van der Waals surface area contributed by atoms with Gasteiger partial charge in [0.15, 0.2) is 0 Å². The molecule has 9 heteroatoms. The minimum atomic E-state index is -1.05. The Morgan fingerprint density at radius 2 is 1.79 bits per heavy atom. The fourth-order valence-corrected chi connectivity index (χ4v) is 3.63. The van der Waals surface area contributed by atoms with Crippen LogP contribution in [0.3, 0.4) is 0 Å². The first kappa shape index (κ1) is 19.8. The number of thioether (sulfide) groups is 1. The summed E-state index contributed by atoms with van der Waals surface area (Å²) in [5, 5.41) is 11.0. The third-order valence-electron chi connectivity index (χ3n) is 3.78. The first-order valence-corrected chi connectivity index (χ1v) is 9.59. The van der Waals surface area contributed by atoms with Crippen molar-refractivity contribution in [3.05, 3.63) is 69.0 Å². The lowest BCUT2D eigenvalue weighted by atomic mass is 10.1. The highest BCUT2D eigenvalue weighted by molar-refractivity contribution is 9.10. The second-order valence-electron chi connectivity index (χ2n) is 5.72. The molecule has 2 aromatic rings. The quantitative estimate of drug-likeness (QED) is 0.657. The predicted molar refractivity (Wildman–Crippen MR) is 109 cm³/mol. The van der Waals surface area contributed by atoms with E-state index in [1.807, 2.05) is 0 Å². The lowest BCUT2D eigenvalue weighted by Crippen LogP contribution is -2.36. The predicted octanol–water partition coefficient (Wildman–Crippen LogP) is 3.82. The molecule has 0 bridgehead atoms. The topological polar surface area (TPSA) is 104 Å². The van der Waals surface area contributed by atoms with E-state index in [0.717, 1.165) is 16.7 Å². The summed E-state index contributed by atoms with van der Waals surface area (Å²) in [6.07, 6.45) is 1.49. The maximum Gasteiger partial charge on any atom is 0.335 e. The number of halogens is 1. The Labute approximate surface area is 172 Å². The van der Waals surface area contributed by atoms with Gasteiger partial charge in [0.25, 0.3) is 11.1 Å². The van der Waals surface area contributed by atoms with E-state index in [1.165, 1.54) is 30.3 Å². The van der Waals surface area contributed by atoms with Gasteiger partial charge in [-0.3, -0.25) is 19.3 Å². The highest BCUT2D eigenvalue weighted by Gasteiger charge is 2.36. The smallest absolute Gasteiger partial charge is 0.335 e. The van der Waals surface area contributed by atoms with Gasteiger partial charge < -0.3 is 10.4 Å². The largest absolute Gasteiger partial charge is 0.478 e. The molecule has 0 aliphatic carbocycles. The number of benzene rings is 2. The van der Waals surface area contributed by atoms with Gasteiger partial charge in [-0.25, -0.2) is 4.79 Å². The van der Waals surface area contributed by atoms with Crippen LogP contribution in [0.15, 0.2) is 57.9 Å². The Morgan fingerprint density at radius 1 is 1.11 bits per heavy atom. The van der Waals surface area contributed by atoms with Crippen LogP contribution in [0.25, 0.3) is 6.08 Å². The molecular formula is C19H13BrN2O5S. The van der Waals surface area contributed by atoms with E-state index < -0.39 is 29.6 Å². The molecule has 0 atom stereocenters. The second kappa shape index (κ2) is 8.41. The highest BCUT2D eigenvalue weighted by atomic mass is 79.9. The number of carbonyl (C=O) groups excluding carboxylic acids is 3. The SMILES string of the molecule is O=C(CN1C(=O)S/C(=C\c2ccc(C(=O)O)cc2)C1=O)Nc1ccccc1Br. The number of anilines is 1. The third-order valence-corrected chi connectivity index (χ3v) is 5.38. The number of aromatic carboxylic acids is 1. The van der Waals surface area contributed by atoms with Gasteiger partial charge >= 0.3 is 5.97 Å². The molecule has 1 aliphatic heterocycles. The number of hydrogen-bond acceptors (Lipinski definition) is 5. The van der Waals surface area contributed by atoms with Crippen LogP contribution >= 0.6 is 27.7 Å². The second-order valence-corrected chi connectivity index (χ2v) is 7.57. The first-order chi connectivity index (χ1) is 13.3. The summed E-state index contributed by atoms with van der Waals surface area (Å²) in [6, 6.07) is 12.9. The number of carbonyl (C=O) groups is 4. The zero-order chi connectivity index (χ0) is 20.3. The molecule has 1 aliphatic rings. The van der Waals surface area contributed by atoms with Crippen molar-refractivity contribution in [3.63, 3.8) is 0 Å². The Hall–Kier alpha value is -2.91.